The Morgan fingerprint density at radius 2 is 2.11 bits per heavy atom. The summed E-state index contributed by atoms with van der Waals surface area (Å²) >= 11 is 0. The fourth-order valence-corrected chi connectivity index (χ4v) is 3.72. The van der Waals surface area contributed by atoms with Crippen LogP contribution < -0.4 is 5.32 Å². The molecule has 1 saturated carbocycles. The molecule has 1 N–H and O–H groups in total. The summed E-state index contributed by atoms with van der Waals surface area (Å²) in [6.45, 7) is 9.72. The van der Waals surface area contributed by atoms with Gasteiger partial charge in [0, 0.05) is 11.6 Å². The van der Waals surface area contributed by atoms with Crippen molar-refractivity contribution >= 4 is 0 Å². The molecule has 108 valence electrons. The molecule has 3 atom stereocenters. The van der Waals surface area contributed by atoms with Gasteiger partial charge in [-0.05, 0) is 51.1 Å². The minimum Gasteiger partial charge on any atom is -0.466 e. The van der Waals surface area contributed by atoms with Gasteiger partial charge in [-0.1, -0.05) is 33.1 Å². The van der Waals surface area contributed by atoms with Gasteiger partial charge in [0.05, 0.1) is 0 Å². The molecule has 19 heavy (non-hydrogen) atoms. The number of hydrogen-bond donors (Lipinski definition) is 1. The van der Waals surface area contributed by atoms with Crippen molar-refractivity contribution in [2.24, 2.45) is 11.8 Å². The van der Waals surface area contributed by atoms with Crippen molar-refractivity contribution < 1.29 is 4.42 Å². The summed E-state index contributed by atoms with van der Waals surface area (Å²) in [7, 11) is 0. The average molecular weight is 263 g/mol. The van der Waals surface area contributed by atoms with Crippen molar-refractivity contribution in [1.29, 1.82) is 0 Å². The molecule has 1 aromatic heterocycles. The van der Waals surface area contributed by atoms with E-state index in [4.69, 9.17) is 4.42 Å². The molecule has 1 aromatic rings. The van der Waals surface area contributed by atoms with Gasteiger partial charge >= 0.3 is 0 Å². The van der Waals surface area contributed by atoms with Crippen LogP contribution in [0.1, 0.15) is 69.1 Å². The molecule has 0 spiro atoms. The van der Waals surface area contributed by atoms with Crippen molar-refractivity contribution in [3.8, 4) is 0 Å². The zero-order valence-electron chi connectivity index (χ0n) is 13.0. The van der Waals surface area contributed by atoms with E-state index >= 15 is 0 Å². The van der Waals surface area contributed by atoms with Gasteiger partial charge in [0.25, 0.3) is 0 Å². The molecule has 0 aliphatic heterocycles. The van der Waals surface area contributed by atoms with Crippen LogP contribution in [0.15, 0.2) is 10.5 Å². The van der Waals surface area contributed by atoms with Crippen LogP contribution in [0.3, 0.4) is 0 Å². The summed E-state index contributed by atoms with van der Waals surface area (Å²) in [6.07, 6.45) is 6.88. The Bertz CT molecular complexity index is 396. The third kappa shape index (κ3) is 3.42. The highest BCUT2D eigenvalue weighted by Gasteiger charge is 2.30. The van der Waals surface area contributed by atoms with E-state index in [-0.39, 0.29) is 0 Å². The summed E-state index contributed by atoms with van der Waals surface area (Å²) < 4.78 is 5.75. The van der Waals surface area contributed by atoms with Crippen LogP contribution >= 0.6 is 0 Å². The standard InChI is InChI=1S/C17H29NO/c1-5-14-8-7-9-15(11-14)17(18-6-2)16-10-12(3)19-13(16)4/h10,14-15,17-18H,5-9,11H2,1-4H3. The third-order valence-corrected chi connectivity index (χ3v) is 4.71. The summed E-state index contributed by atoms with van der Waals surface area (Å²) in [4.78, 5) is 0. The average Bonchev–Trinajstić information content (AvgIpc) is 2.75. The summed E-state index contributed by atoms with van der Waals surface area (Å²) in [6, 6.07) is 2.72. The molecule has 2 rings (SSSR count). The molecule has 0 saturated heterocycles. The van der Waals surface area contributed by atoms with Gasteiger partial charge in [-0.15, -0.1) is 0 Å². The first kappa shape index (κ1) is 14.6. The Hall–Kier alpha value is -0.760. The minimum absolute atomic E-state index is 0.483. The van der Waals surface area contributed by atoms with Gasteiger partial charge in [-0.25, -0.2) is 0 Å². The normalized spacial score (nSPS) is 25.5. The van der Waals surface area contributed by atoms with E-state index in [0.717, 1.165) is 29.9 Å². The van der Waals surface area contributed by atoms with Crippen LogP contribution in [0.2, 0.25) is 0 Å². The minimum atomic E-state index is 0.483. The molecule has 2 heteroatoms. The van der Waals surface area contributed by atoms with Gasteiger partial charge in [0.15, 0.2) is 0 Å². The van der Waals surface area contributed by atoms with Gasteiger partial charge < -0.3 is 9.73 Å². The maximum Gasteiger partial charge on any atom is 0.105 e. The Balaban J connectivity index is 2.17. The zero-order chi connectivity index (χ0) is 13.8. The summed E-state index contributed by atoms with van der Waals surface area (Å²) in [5.74, 6) is 3.84. The van der Waals surface area contributed by atoms with E-state index in [1.165, 1.54) is 37.7 Å². The molecule has 0 radical (unpaired) electrons. The molecular weight excluding hydrogens is 234 g/mol. The lowest BCUT2D eigenvalue weighted by atomic mass is 9.75. The Morgan fingerprint density at radius 1 is 1.32 bits per heavy atom. The maximum atomic E-state index is 5.75. The molecule has 2 nitrogen and oxygen atoms in total. The lowest BCUT2D eigenvalue weighted by Gasteiger charge is -2.34. The second kappa shape index (κ2) is 6.60. The molecule has 1 aliphatic carbocycles. The maximum absolute atomic E-state index is 5.75. The molecule has 0 amide bonds. The van der Waals surface area contributed by atoms with Gasteiger partial charge in [-0.3, -0.25) is 0 Å². The number of rotatable bonds is 5. The van der Waals surface area contributed by atoms with E-state index in [9.17, 15) is 0 Å². The first-order valence-electron chi connectivity index (χ1n) is 7.96. The summed E-state index contributed by atoms with van der Waals surface area (Å²) in [5, 5.41) is 3.71. The largest absolute Gasteiger partial charge is 0.466 e. The van der Waals surface area contributed by atoms with Crippen LogP contribution in [0, 0.1) is 25.7 Å². The lowest BCUT2D eigenvalue weighted by molar-refractivity contribution is 0.209. The predicted molar refractivity (Wildman–Crippen MR) is 80.3 cm³/mol. The van der Waals surface area contributed by atoms with Gasteiger partial charge in [-0.2, -0.15) is 0 Å². The van der Waals surface area contributed by atoms with E-state index in [0.29, 0.717) is 6.04 Å². The monoisotopic (exact) mass is 263 g/mol. The molecule has 0 aromatic carbocycles. The predicted octanol–water partition coefficient (Wildman–Crippen LogP) is 4.76. The molecule has 1 heterocycles. The van der Waals surface area contributed by atoms with Gasteiger partial charge in [0.1, 0.15) is 11.5 Å². The summed E-state index contributed by atoms with van der Waals surface area (Å²) in [5.41, 5.74) is 1.39. The van der Waals surface area contributed by atoms with Crippen molar-refractivity contribution in [2.75, 3.05) is 6.54 Å². The van der Waals surface area contributed by atoms with Gasteiger partial charge in [0.2, 0.25) is 0 Å². The van der Waals surface area contributed by atoms with Crippen LogP contribution in [-0.4, -0.2) is 6.54 Å². The highest BCUT2D eigenvalue weighted by molar-refractivity contribution is 5.25. The first-order chi connectivity index (χ1) is 9.15. The van der Waals surface area contributed by atoms with Crippen LogP contribution in [0.25, 0.3) is 0 Å². The van der Waals surface area contributed by atoms with Crippen molar-refractivity contribution in [3.63, 3.8) is 0 Å². The van der Waals surface area contributed by atoms with Crippen LogP contribution in [0.5, 0.6) is 0 Å². The van der Waals surface area contributed by atoms with Crippen LogP contribution in [-0.2, 0) is 0 Å². The fourth-order valence-electron chi connectivity index (χ4n) is 3.72. The Labute approximate surface area is 118 Å². The number of furan rings is 1. The molecule has 1 aliphatic rings. The van der Waals surface area contributed by atoms with Crippen molar-refractivity contribution in [1.82, 2.24) is 5.32 Å². The molecule has 3 unspecified atom stereocenters. The number of nitrogens with one attached hydrogen (secondary N) is 1. The van der Waals surface area contributed by atoms with Crippen molar-refractivity contribution in [3.05, 3.63) is 23.2 Å². The number of aryl methyl sites for hydroxylation is 2. The third-order valence-electron chi connectivity index (χ3n) is 4.71. The Kier molecular flexibility index (Phi) is 5.09. The highest BCUT2D eigenvalue weighted by atomic mass is 16.3. The fraction of sp³-hybridized carbons (Fsp3) is 0.765. The van der Waals surface area contributed by atoms with E-state index in [1.54, 1.807) is 0 Å². The highest BCUT2D eigenvalue weighted by Crippen LogP contribution is 2.39. The van der Waals surface area contributed by atoms with E-state index in [1.807, 2.05) is 0 Å². The molecule has 0 bridgehead atoms. The lowest BCUT2D eigenvalue weighted by Crippen LogP contribution is -2.31. The van der Waals surface area contributed by atoms with Crippen molar-refractivity contribution in [2.45, 2.75) is 65.8 Å². The second-order valence-electron chi connectivity index (χ2n) is 6.10. The van der Waals surface area contributed by atoms with E-state index in [2.05, 4.69) is 39.1 Å². The topological polar surface area (TPSA) is 25.2 Å². The van der Waals surface area contributed by atoms with E-state index < -0.39 is 0 Å². The SMILES string of the molecule is CCNC(c1cc(C)oc1C)C1CCCC(CC)C1. The Morgan fingerprint density at radius 3 is 2.68 bits per heavy atom. The zero-order valence-corrected chi connectivity index (χ0v) is 13.0. The smallest absolute Gasteiger partial charge is 0.105 e. The quantitative estimate of drug-likeness (QED) is 0.828. The molecular formula is C17H29NO. The first-order valence-corrected chi connectivity index (χ1v) is 7.96. The van der Waals surface area contributed by atoms with Crippen LogP contribution in [0.4, 0.5) is 0 Å². The molecule has 1 fully saturated rings. The second-order valence-corrected chi connectivity index (χ2v) is 6.10. The number of hydrogen-bond acceptors (Lipinski definition) is 2.